The second-order valence-electron chi connectivity index (χ2n) is 5.65. The number of carbonyl (C=O) groups is 2. The number of benzene rings is 1. The summed E-state index contributed by atoms with van der Waals surface area (Å²) in [7, 11) is 1.75. The number of thioether (sulfide) groups is 1. The van der Waals surface area contributed by atoms with E-state index in [-0.39, 0.29) is 18.2 Å². The molecule has 1 N–H and O–H groups in total. The van der Waals surface area contributed by atoms with Crippen molar-refractivity contribution in [2.75, 3.05) is 18.2 Å². The summed E-state index contributed by atoms with van der Waals surface area (Å²) in [5.41, 5.74) is 2.58. The molecule has 2 amide bonds. The molecule has 0 fully saturated rings. The van der Waals surface area contributed by atoms with Gasteiger partial charge in [-0.25, -0.2) is 4.98 Å². The molecule has 0 saturated heterocycles. The molecule has 5 nitrogen and oxygen atoms in total. The van der Waals surface area contributed by atoms with Gasteiger partial charge in [0, 0.05) is 30.3 Å². The first kappa shape index (κ1) is 17.0. The van der Waals surface area contributed by atoms with Crippen LogP contribution in [0.5, 0.6) is 0 Å². The number of anilines is 1. The molecular weight excluding hydrogens is 342 g/mol. The highest BCUT2D eigenvalue weighted by molar-refractivity contribution is 7.97. The molecule has 1 aliphatic heterocycles. The Morgan fingerprint density at radius 2 is 2.25 bits per heavy atom. The summed E-state index contributed by atoms with van der Waals surface area (Å²) in [6.45, 7) is 0.395. The van der Waals surface area contributed by atoms with Crippen molar-refractivity contribution in [3.8, 4) is 0 Å². The minimum atomic E-state index is -0.436. The number of thiazole rings is 1. The number of amides is 2. The highest BCUT2D eigenvalue weighted by Crippen LogP contribution is 2.35. The average Bonchev–Trinajstić information content (AvgIpc) is 3.04. The van der Waals surface area contributed by atoms with Crippen molar-refractivity contribution >= 4 is 40.6 Å². The van der Waals surface area contributed by atoms with Gasteiger partial charge in [0.2, 0.25) is 11.8 Å². The van der Waals surface area contributed by atoms with E-state index in [4.69, 9.17) is 0 Å². The second kappa shape index (κ2) is 7.36. The fourth-order valence-corrected chi connectivity index (χ4v) is 4.31. The first-order valence-corrected chi connectivity index (χ1v) is 9.93. The summed E-state index contributed by atoms with van der Waals surface area (Å²) >= 11 is 3.33. The summed E-state index contributed by atoms with van der Waals surface area (Å²) in [6.07, 6.45) is 2.24. The molecule has 3 rings (SSSR count). The van der Waals surface area contributed by atoms with E-state index in [2.05, 4.69) is 10.3 Å². The third kappa shape index (κ3) is 3.47. The summed E-state index contributed by atoms with van der Waals surface area (Å²) in [5, 5.41) is 5.96. The molecule has 0 aliphatic carbocycles. The number of para-hydroxylation sites is 1. The molecule has 0 spiro atoms. The molecule has 0 unspecified atom stereocenters. The van der Waals surface area contributed by atoms with Gasteiger partial charge >= 0.3 is 0 Å². The van der Waals surface area contributed by atoms with Crippen molar-refractivity contribution < 1.29 is 9.59 Å². The predicted molar refractivity (Wildman–Crippen MR) is 98.4 cm³/mol. The molecule has 7 heteroatoms. The molecule has 1 aromatic heterocycles. The topological polar surface area (TPSA) is 62.3 Å². The first-order valence-electron chi connectivity index (χ1n) is 7.65. The van der Waals surface area contributed by atoms with Crippen molar-refractivity contribution in [2.24, 2.45) is 0 Å². The van der Waals surface area contributed by atoms with E-state index in [1.54, 1.807) is 35.0 Å². The van der Waals surface area contributed by atoms with Crippen molar-refractivity contribution in [2.45, 2.75) is 24.6 Å². The highest BCUT2D eigenvalue weighted by atomic mass is 32.2. The zero-order valence-corrected chi connectivity index (χ0v) is 15.2. The van der Waals surface area contributed by atoms with Crippen molar-refractivity contribution in [3.05, 3.63) is 45.9 Å². The lowest BCUT2D eigenvalue weighted by Gasteiger charge is -2.30. The van der Waals surface area contributed by atoms with Crippen LogP contribution in [-0.4, -0.2) is 30.1 Å². The number of hydrogen-bond acceptors (Lipinski definition) is 5. The van der Waals surface area contributed by atoms with E-state index in [0.29, 0.717) is 6.54 Å². The molecule has 1 atom stereocenters. The number of rotatable bonds is 5. The van der Waals surface area contributed by atoms with Crippen LogP contribution in [0.25, 0.3) is 0 Å². The number of aromatic nitrogens is 1. The van der Waals surface area contributed by atoms with Gasteiger partial charge in [0.25, 0.3) is 0 Å². The molecule has 1 aliphatic rings. The zero-order chi connectivity index (χ0) is 17.1. The van der Waals surface area contributed by atoms with E-state index in [9.17, 15) is 9.59 Å². The predicted octanol–water partition coefficient (Wildman–Crippen LogP) is 2.77. The molecule has 126 valence electrons. The summed E-state index contributed by atoms with van der Waals surface area (Å²) in [6, 6.07) is 7.58. The minimum Gasteiger partial charge on any atom is -0.350 e. The SMILES string of the molecule is CSCc1nc(CNC(=O)[C@H]2CC(=O)N(C)c3ccccc32)cs1. The Morgan fingerprint density at radius 1 is 1.46 bits per heavy atom. The average molecular weight is 361 g/mol. The summed E-state index contributed by atoms with van der Waals surface area (Å²) in [5.74, 6) is 0.289. The molecule has 0 radical (unpaired) electrons. The second-order valence-corrected chi connectivity index (χ2v) is 7.46. The molecular formula is C17H19N3O2S2. The molecule has 0 bridgehead atoms. The van der Waals surface area contributed by atoms with Gasteiger partial charge in [0.1, 0.15) is 5.01 Å². The van der Waals surface area contributed by atoms with E-state index >= 15 is 0 Å². The maximum atomic E-state index is 12.6. The number of nitrogens with zero attached hydrogens (tertiary/aromatic N) is 2. The number of fused-ring (bicyclic) bond motifs is 1. The van der Waals surface area contributed by atoms with Gasteiger partial charge in [-0.1, -0.05) is 18.2 Å². The van der Waals surface area contributed by atoms with Crippen molar-refractivity contribution in [1.82, 2.24) is 10.3 Å². The Morgan fingerprint density at radius 3 is 3.04 bits per heavy atom. The van der Waals surface area contributed by atoms with Crippen LogP contribution in [-0.2, 0) is 21.9 Å². The van der Waals surface area contributed by atoms with E-state index < -0.39 is 5.92 Å². The van der Waals surface area contributed by atoms with Gasteiger partial charge in [0.15, 0.2) is 0 Å². The van der Waals surface area contributed by atoms with Crippen LogP contribution in [0.15, 0.2) is 29.6 Å². The molecule has 1 aromatic carbocycles. The Balaban J connectivity index is 1.70. The monoisotopic (exact) mass is 361 g/mol. The van der Waals surface area contributed by atoms with Gasteiger partial charge in [-0.2, -0.15) is 11.8 Å². The number of nitrogens with one attached hydrogen (secondary N) is 1. The fraction of sp³-hybridized carbons (Fsp3) is 0.353. The Hall–Kier alpha value is -1.86. The number of hydrogen-bond donors (Lipinski definition) is 1. The standard InChI is InChI=1S/C17H19N3O2S2/c1-20-14-6-4-3-5-12(14)13(7-16(20)21)17(22)18-8-11-9-24-15(19-11)10-23-2/h3-6,9,13H,7-8,10H2,1-2H3,(H,18,22)/t13-/m0/s1. The maximum Gasteiger partial charge on any atom is 0.228 e. The van der Waals surface area contributed by atoms with Crippen LogP contribution in [0.1, 0.15) is 28.6 Å². The fourth-order valence-electron chi connectivity index (χ4n) is 2.80. The lowest BCUT2D eigenvalue weighted by atomic mass is 9.89. The molecule has 24 heavy (non-hydrogen) atoms. The van der Waals surface area contributed by atoms with Crippen molar-refractivity contribution in [1.29, 1.82) is 0 Å². The van der Waals surface area contributed by atoms with Gasteiger partial charge in [0.05, 0.1) is 18.2 Å². The Labute approximate surface area is 149 Å². The van der Waals surface area contributed by atoms with E-state index in [1.165, 1.54) is 0 Å². The zero-order valence-electron chi connectivity index (χ0n) is 13.6. The summed E-state index contributed by atoms with van der Waals surface area (Å²) in [4.78, 5) is 30.9. The van der Waals surface area contributed by atoms with Gasteiger partial charge in [-0.15, -0.1) is 11.3 Å². The lowest BCUT2D eigenvalue weighted by molar-refractivity contribution is -0.127. The maximum absolute atomic E-state index is 12.6. The molecule has 2 heterocycles. The van der Waals surface area contributed by atoms with Gasteiger partial charge in [-0.05, 0) is 17.9 Å². The molecule has 0 saturated carbocycles. The number of carbonyl (C=O) groups excluding carboxylic acids is 2. The van der Waals surface area contributed by atoms with Gasteiger partial charge < -0.3 is 10.2 Å². The molecule has 2 aromatic rings. The van der Waals surface area contributed by atoms with Gasteiger partial charge in [-0.3, -0.25) is 9.59 Å². The lowest BCUT2D eigenvalue weighted by Crippen LogP contribution is -2.39. The third-order valence-corrected chi connectivity index (χ3v) is 5.70. The van der Waals surface area contributed by atoms with Crippen LogP contribution >= 0.6 is 23.1 Å². The highest BCUT2D eigenvalue weighted by Gasteiger charge is 2.33. The Kier molecular flexibility index (Phi) is 5.20. The van der Waals surface area contributed by atoms with Crippen LogP contribution < -0.4 is 10.2 Å². The van der Waals surface area contributed by atoms with E-state index in [0.717, 1.165) is 27.7 Å². The van der Waals surface area contributed by atoms with Crippen LogP contribution in [0.3, 0.4) is 0 Å². The van der Waals surface area contributed by atoms with E-state index in [1.807, 2.05) is 35.9 Å². The van der Waals surface area contributed by atoms with Crippen LogP contribution in [0.4, 0.5) is 5.69 Å². The van der Waals surface area contributed by atoms with Crippen molar-refractivity contribution in [3.63, 3.8) is 0 Å². The largest absolute Gasteiger partial charge is 0.350 e. The quantitative estimate of drug-likeness (QED) is 0.889. The van der Waals surface area contributed by atoms with Crippen LogP contribution in [0.2, 0.25) is 0 Å². The minimum absolute atomic E-state index is 0.0373. The Bertz CT molecular complexity index is 760. The first-order chi connectivity index (χ1) is 11.6. The normalized spacial score (nSPS) is 16.8. The smallest absolute Gasteiger partial charge is 0.228 e. The summed E-state index contributed by atoms with van der Waals surface area (Å²) < 4.78 is 0. The third-order valence-electron chi connectivity index (χ3n) is 4.05. The van der Waals surface area contributed by atoms with Crippen LogP contribution in [0, 0.1) is 0 Å².